The van der Waals surface area contributed by atoms with E-state index in [0.29, 0.717) is 12.2 Å². The van der Waals surface area contributed by atoms with Crippen molar-refractivity contribution in [3.8, 4) is 11.8 Å². The molecule has 2 aromatic rings. The minimum absolute atomic E-state index is 0.510. The summed E-state index contributed by atoms with van der Waals surface area (Å²) in [6.45, 7) is 4.69. The average Bonchev–Trinajstić information content (AvgIpc) is 2.56. The molecule has 1 heterocycles. The van der Waals surface area contributed by atoms with E-state index in [2.05, 4.69) is 28.8 Å². The van der Waals surface area contributed by atoms with Crippen LogP contribution >= 0.6 is 0 Å². The summed E-state index contributed by atoms with van der Waals surface area (Å²) in [7, 11) is 0. The van der Waals surface area contributed by atoms with E-state index in [1.807, 2.05) is 36.4 Å². The van der Waals surface area contributed by atoms with Gasteiger partial charge in [-0.2, -0.15) is 5.26 Å². The first-order valence-electron chi connectivity index (χ1n) is 7.96. The molecule has 0 spiro atoms. The summed E-state index contributed by atoms with van der Waals surface area (Å²) in [6, 6.07) is 17.8. The number of hydrogen-bond donors (Lipinski definition) is 2. The third-order valence-corrected chi connectivity index (χ3v) is 4.02. The highest BCUT2D eigenvalue weighted by molar-refractivity contribution is 5.32. The van der Waals surface area contributed by atoms with Gasteiger partial charge in [-0.25, -0.2) is 0 Å². The molecule has 1 fully saturated rings. The Labute approximate surface area is 137 Å². The van der Waals surface area contributed by atoms with Crippen LogP contribution in [-0.2, 0) is 13.2 Å². The Balaban J connectivity index is 1.49. The molecule has 0 amide bonds. The van der Waals surface area contributed by atoms with E-state index in [1.165, 1.54) is 5.56 Å². The fraction of sp³-hybridized carbons (Fsp3) is 0.316. The second-order valence-electron chi connectivity index (χ2n) is 5.90. The van der Waals surface area contributed by atoms with Crippen LogP contribution in [0.2, 0.25) is 0 Å². The van der Waals surface area contributed by atoms with Gasteiger partial charge in [0.15, 0.2) is 0 Å². The van der Waals surface area contributed by atoms with Gasteiger partial charge in [-0.15, -0.1) is 0 Å². The summed E-state index contributed by atoms with van der Waals surface area (Å²) in [5, 5.41) is 15.6. The summed E-state index contributed by atoms with van der Waals surface area (Å²) in [5.41, 5.74) is 2.96. The lowest BCUT2D eigenvalue weighted by molar-refractivity contribution is 0.305. The molecule has 0 bridgehead atoms. The van der Waals surface area contributed by atoms with Crippen molar-refractivity contribution in [2.75, 3.05) is 19.6 Å². The Kier molecular flexibility index (Phi) is 5.25. The standard InChI is InChI=1S/C19H21N3O/c20-9-15-4-6-16(7-5-15)14-23-19-3-1-2-17(8-19)10-21-11-18-12-22-13-18/h1-8,18,21-22H,10-14H2. The highest BCUT2D eigenvalue weighted by Gasteiger charge is 2.15. The molecule has 1 aliphatic heterocycles. The first kappa shape index (κ1) is 15.5. The van der Waals surface area contributed by atoms with Crippen LogP contribution in [-0.4, -0.2) is 19.6 Å². The van der Waals surface area contributed by atoms with Gasteiger partial charge in [0.05, 0.1) is 11.6 Å². The lowest BCUT2D eigenvalue weighted by Crippen LogP contribution is -2.47. The van der Waals surface area contributed by atoms with Gasteiger partial charge in [0.25, 0.3) is 0 Å². The van der Waals surface area contributed by atoms with E-state index in [9.17, 15) is 0 Å². The zero-order valence-corrected chi connectivity index (χ0v) is 13.1. The molecular formula is C19H21N3O. The molecule has 2 aromatic carbocycles. The summed E-state index contributed by atoms with van der Waals surface area (Å²) in [5.74, 6) is 1.64. The van der Waals surface area contributed by atoms with Gasteiger partial charge in [0, 0.05) is 26.2 Å². The van der Waals surface area contributed by atoms with Crippen LogP contribution in [0, 0.1) is 17.2 Å². The number of nitrogens with one attached hydrogen (secondary N) is 2. The fourth-order valence-electron chi connectivity index (χ4n) is 2.50. The van der Waals surface area contributed by atoms with Gasteiger partial charge in [0.1, 0.15) is 12.4 Å². The topological polar surface area (TPSA) is 57.1 Å². The molecule has 0 saturated carbocycles. The molecule has 2 N–H and O–H groups in total. The maximum absolute atomic E-state index is 8.80. The Morgan fingerprint density at radius 3 is 2.65 bits per heavy atom. The monoisotopic (exact) mass is 307 g/mol. The zero-order chi connectivity index (χ0) is 15.9. The Morgan fingerprint density at radius 1 is 1.13 bits per heavy atom. The summed E-state index contributed by atoms with van der Waals surface area (Å²) in [6.07, 6.45) is 0. The molecule has 4 heteroatoms. The van der Waals surface area contributed by atoms with Crippen LogP contribution in [0.15, 0.2) is 48.5 Å². The lowest BCUT2D eigenvalue weighted by atomic mass is 10.0. The van der Waals surface area contributed by atoms with Crippen molar-refractivity contribution < 1.29 is 4.74 Å². The second kappa shape index (κ2) is 7.77. The van der Waals surface area contributed by atoms with Gasteiger partial charge < -0.3 is 15.4 Å². The fourth-order valence-corrected chi connectivity index (χ4v) is 2.50. The third kappa shape index (κ3) is 4.56. The van der Waals surface area contributed by atoms with Crippen LogP contribution in [0.1, 0.15) is 16.7 Å². The Hall–Kier alpha value is -2.35. The maximum atomic E-state index is 8.80. The summed E-state index contributed by atoms with van der Waals surface area (Å²) < 4.78 is 5.85. The van der Waals surface area contributed by atoms with Crippen LogP contribution < -0.4 is 15.4 Å². The molecule has 1 aliphatic rings. The van der Waals surface area contributed by atoms with Gasteiger partial charge in [-0.05, 0) is 41.3 Å². The van der Waals surface area contributed by atoms with Crippen LogP contribution in [0.5, 0.6) is 5.75 Å². The quantitative estimate of drug-likeness (QED) is 0.825. The molecular weight excluding hydrogens is 286 g/mol. The minimum atomic E-state index is 0.510. The van der Waals surface area contributed by atoms with Crippen molar-refractivity contribution in [3.63, 3.8) is 0 Å². The zero-order valence-electron chi connectivity index (χ0n) is 13.1. The van der Waals surface area contributed by atoms with Crippen LogP contribution in [0.4, 0.5) is 0 Å². The number of hydrogen-bond acceptors (Lipinski definition) is 4. The molecule has 0 unspecified atom stereocenters. The van der Waals surface area contributed by atoms with Crippen molar-refractivity contribution in [1.82, 2.24) is 10.6 Å². The van der Waals surface area contributed by atoms with Gasteiger partial charge in [-0.3, -0.25) is 0 Å². The molecule has 3 rings (SSSR count). The molecule has 0 aromatic heterocycles. The van der Waals surface area contributed by atoms with E-state index < -0.39 is 0 Å². The minimum Gasteiger partial charge on any atom is -0.489 e. The van der Waals surface area contributed by atoms with E-state index in [4.69, 9.17) is 10.00 Å². The second-order valence-corrected chi connectivity index (χ2v) is 5.90. The smallest absolute Gasteiger partial charge is 0.120 e. The number of rotatable bonds is 7. The normalized spacial score (nSPS) is 14.0. The number of benzene rings is 2. The van der Waals surface area contributed by atoms with Gasteiger partial charge in [-0.1, -0.05) is 24.3 Å². The van der Waals surface area contributed by atoms with Crippen molar-refractivity contribution in [3.05, 3.63) is 65.2 Å². The van der Waals surface area contributed by atoms with Gasteiger partial charge >= 0.3 is 0 Å². The summed E-state index contributed by atoms with van der Waals surface area (Å²) >= 11 is 0. The van der Waals surface area contributed by atoms with E-state index in [0.717, 1.165) is 43.4 Å². The van der Waals surface area contributed by atoms with E-state index in [1.54, 1.807) is 0 Å². The SMILES string of the molecule is N#Cc1ccc(COc2cccc(CNCC3CNC3)c2)cc1. The molecule has 4 nitrogen and oxygen atoms in total. The van der Waals surface area contributed by atoms with Gasteiger partial charge in [0.2, 0.25) is 0 Å². The van der Waals surface area contributed by atoms with E-state index in [-0.39, 0.29) is 0 Å². The van der Waals surface area contributed by atoms with Crippen molar-refractivity contribution in [2.45, 2.75) is 13.2 Å². The van der Waals surface area contributed by atoms with Crippen molar-refractivity contribution >= 4 is 0 Å². The summed E-state index contributed by atoms with van der Waals surface area (Å²) in [4.78, 5) is 0. The number of nitriles is 1. The molecule has 118 valence electrons. The molecule has 0 atom stereocenters. The average molecular weight is 307 g/mol. The number of nitrogens with zero attached hydrogens (tertiary/aromatic N) is 1. The lowest BCUT2D eigenvalue weighted by Gasteiger charge is -2.27. The van der Waals surface area contributed by atoms with Crippen molar-refractivity contribution in [2.24, 2.45) is 5.92 Å². The number of ether oxygens (including phenoxy) is 1. The molecule has 23 heavy (non-hydrogen) atoms. The largest absolute Gasteiger partial charge is 0.489 e. The predicted octanol–water partition coefficient (Wildman–Crippen LogP) is 2.45. The maximum Gasteiger partial charge on any atom is 0.120 e. The Bertz CT molecular complexity index is 672. The third-order valence-electron chi connectivity index (χ3n) is 4.02. The molecule has 0 radical (unpaired) electrons. The predicted molar refractivity (Wildman–Crippen MR) is 90.0 cm³/mol. The van der Waals surface area contributed by atoms with Crippen LogP contribution in [0.3, 0.4) is 0 Å². The first-order chi connectivity index (χ1) is 11.3. The highest BCUT2D eigenvalue weighted by atomic mass is 16.5. The first-order valence-corrected chi connectivity index (χ1v) is 7.96. The molecule has 1 saturated heterocycles. The van der Waals surface area contributed by atoms with E-state index >= 15 is 0 Å². The molecule has 0 aliphatic carbocycles. The van der Waals surface area contributed by atoms with Crippen molar-refractivity contribution in [1.29, 1.82) is 5.26 Å². The Morgan fingerprint density at radius 2 is 1.96 bits per heavy atom. The highest BCUT2D eigenvalue weighted by Crippen LogP contribution is 2.15. The van der Waals surface area contributed by atoms with Crippen LogP contribution in [0.25, 0.3) is 0 Å².